The Balaban J connectivity index is 1.92. The van der Waals surface area contributed by atoms with Gasteiger partial charge in [0.2, 0.25) is 0 Å². The molecule has 4 heteroatoms. The SMILES string of the molecule is C[C@@H]1CCC[C@@H]1C(=Nc1ccc(Cl)c(Cl)c1)N1CCCCC1. The molecule has 3 rings (SSSR count). The number of rotatable bonds is 2. The molecule has 0 bridgehead atoms. The number of likely N-dealkylation sites (tertiary alicyclic amines) is 1. The lowest BCUT2D eigenvalue weighted by Gasteiger charge is -2.34. The molecule has 2 atom stereocenters. The van der Waals surface area contributed by atoms with Crippen molar-refractivity contribution in [2.75, 3.05) is 13.1 Å². The average Bonchev–Trinajstić information content (AvgIpc) is 2.95. The fraction of sp³-hybridized carbons (Fsp3) is 0.611. The van der Waals surface area contributed by atoms with Crippen LogP contribution in [0.15, 0.2) is 23.2 Å². The van der Waals surface area contributed by atoms with Crippen molar-refractivity contribution in [2.24, 2.45) is 16.8 Å². The van der Waals surface area contributed by atoms with Gasteiger partial charge < -0.3 is 4.90 Å². The summed E-state index contributed by atoms with van der Waals surface area (Å²) in [7, 11) is 0. The summed E-state index contributed by atoms with van der Waals surface area (Å²) in [4.78, 5) is 7.53. The lowest BCUT2D eigenvalue weighted by Crippen LogP contribution is -2.40. The second kappa shape index (κ2) is 7.23. The third kappa shape index (κ3) is 3.60. The van der Waals surface area contributed by atoms with E-state index in [9.17, 15) is 0 Å². The lowest BCUT2D eigenvalue weighted by molar-refractivity contribution is 0.317. The zero-order chi connectivity index (χ0) is 15.5. The summed E-state index contributed by atoms with van der Waals surface area (Å²) in [5.41, 5.74) is 0.925. The first kappa shape index (κ1) is 16.1. The van der Waals surface area contributed by atoms with Crippen molar-refractivity contribution in [2.45, 2.75) is 45.4 Å². The molecule has 1 saturated heterocycles. The minimum atomic E-state index is 0.584. The Morgan fingerprint density at radius 1 is 1.05 bits per heavy atom. The second-order valence-electron chi connectivity index (χ2n) is 6.63. The Bertz CT molecular complexity index is 550. The molecule has 0 aromatic heterocycles. The molecular formula is C18H24Cl2N2. The van der Waals surface area contributed by atoms with Gasteiger partial charge in [-0.1, -0.05) is 36.5 Å². The Hall–Kier alpha value is -0.730. The third-order valence-corrected chi connectivity index (χ3v) is 5.76. The molecular weight excluding hydrogens is 315 g/mol. The van der Waals surface area contributed by atoms with Crippen LogP contribution in [-0.4, -0.2) is 23.8 Å². The largest absolute Gasteiger partial charge is 0.360 e. The molecule has 2 fully saturated rings. The van der Waals surface area contributed by atoms with Gasteiger partial charge in [-0.2, -0.15) is 0 Å². The molecule has 0 radical (unpaired) electrons. The van der Waals surface area contributed by atoms with Crippen LogP contribution in [0.4, 0.5) is 5.69 Å². The van der Waals surface area contributed by atoms with E-state index in [1.165, 1.54) is 44.4 Å². The minimum absolute atomic E-state index is 0.584. The molecule has 1 aliphatic carbocycles. The number of hydrogen-bond acceptors (Lipinski definition) is 1. The van der Waals surface area contributed by atoms with Crippen LogP contribution in [0.2, 0.25) is 10.0 Å². The molecule has 22 heavy (non-hydrogen) atoms. The van der Waals surface area contributed by atoms with Gasteiger partial charge in [0.05, 0.1) is 15.7 Å². The van der Waals surface area contributed by atoms with Gasteiger partial charge in [0.25, 0.3) is 0 Å². The molecule has 0 N–H and O–H groups in total. The number of hydrogen-bond donors (Lipinski definition) is 0. The van der Waals surface area contributed by atoms with Crippen molar-refractivity contribution in [3.63, 3.8) is 0 Å². The number of aliphatic imine (C=N–C) groups is 1. The summed E-state index contributed by atoms with van der Waals surface area (Å²) in [6.45, 7) is 4.65. The van der Waals surface area contributed by atoms with Crippen LogP contribution in [0.25, 0.3) is 0 Å². The predicted octanol–water partition coefficient (Wildman–Crippen LogP) is 5.95. The predicted molar refractivity (Wildman–Crippen MR) is 95.5 cm³/mol. The van der Waals surface area contributed by atoms with E-state index in [0.717, 1.165) is 24.7 Å². The van der Waals surface area contributed by atoms with Gasteiger partial charge >= 0.3 is 0 Å². The molecule has 0 unspecified atom stereocenters. The highest BCUT2D eigenvalue weighted by Crippen LogP contribution is 2.35. The van der Waals surface area contributed by atoms with E-state index in [4.69, 9.17) is 28.2 Å². The Morgan fingerprint density at radius 3 is 2.45 bits per heavy atom. The summed E-state index contributed by atoms with van der Waals surface area (Å²) in [5.74, 6) is 2.60. The highest BCUT2D eigenvalue weighted by molar-refractivity contribution is 6.42. The minimum Gasteiger partial charge on any atom is -0.360 e. The van der Waals surface area contributed by atoms with E-state index in [2.05, 4.69) is 11.8 Å². The fourth-order valence-corrected chi connectivity index (χ4v) is 4.02. The first-order valence-electron chi connectivity index (χ1n) is 8.44. The Kier molecular flexibility index (Phi) is 5.30. The van der Waals surface area contributed by atoms with Crippen LogP contribution in [-0.2, 0) is 0 Å². The first-order chi connectivity index (χ1) is 10.6. The van der Waals surface area contributed by atoms with Crippen LogP contribution in [0.1, 0.15) is 45.4 Å². The quantitative estimate of drug-likeness (QED) is 0.480. The fourth-order valence-electron chi connectivity index (χ4n) is 3.73. The monoisotopic (exact) mass is 338 g/mol. The zero-order valence-corrected chi connectivity index (χ0v) is 14.7. The van der Waals surface area contributed by atoms with Gasteiger partial charge in [-0.15, -0.1) is 0 Å². The molecule has 120 valence electrons. The average molecular weight is 339 g/mol. The van der Waals surface area contributed by atoms with Crippen molar-refractivity contribution >= 4 is 34.7 Å². The van der Waals surface area contributed by atoms with Crippen LogP contribution >= 0.6 is 23.2 Å². The maximum Gasteiger partial charge on any atom is 0.108 e. The summed E-state index contributed by atoms with van der Waals surface area (Å²) >= 11 is 12.2. The molecule has 1 saturated carbocycles. The third-order valence-electron chi connectivity index (χ3n) is 5.02. The van der Waals surface area contributed by atoms with Crippen LogP contribution in [0.5, 0.6) is 0 Å². The van der Waals surface area contributed by atoms with Gasteiger partial charge in [0, 0.05) is 19.0 Å². The lowest BCUT2D eigenvalue weighted by atomic mass is 9.94. The molecule has 0 amide bonds. The maximum absolute atomic E-state index is 6.16. The number of amidine groups is 1. The van der Waals surface area contributed by atoms with Crippen molar-refractivity contribution in [3.05, 3.63) is 28.2 Å². The highest BCUT2D eigenvalue weighted by Gasteiger charge is 2.31. The van der Waals surface area contributed by atoms with Crippen LogP contribution in [0.3, 0.4) is 0 Å². The van der Waals surface area contributed by atoms with Crippen molar-refractivity contribution in [1.29, 1.82) is 0 Å². The normalized spacial score (nSPS) is 26.5. The number of piperidine rings is 1. The Labute approximate surface area is 143 Å². The van der Waals surface area contributed by atoms with E-state index in [0.29, 0.717) is 16.0 Å². The first-order valence-corrected chi connectivity index (χ1v) is 9.19. The standard InChI is InChI=1S/C18H24Cl2N2/c1-13-6-5-7-15(13)18(22-10-3-2-4-11-22)21-14-8-9-16(19)17(20)12-14/h8-9,12-13,15H,2-7,10-11H2,1H3/t13-,15+/m1/s1. The number of halogens is 2. The van der Waals surface area contributed by atoms with E-state index in [1.807, 2.05) is 18.2 Å². The van der Waals surface area contributed by atoms with Gasteiger partial charge in [-0.3, -0.25) is 0 Å². The molecule has 1 aromatic rings. The van der Waals surface area contributed by atoms with Gasteiger partial charge in [0.15, 0.2) is 0 Å². The maximum atomic E-state index is 6.16. The highest BCUT2D eigenvalue weighted by atomic mass is 35.5. The van der Waals surface area contributed by atoms with Gasteiger partial charge in [-0.05, 0) is 56.2 Å². The second-order valence-corrected chi connectivity index (χ2v) is 7.45. The Morgan fingerprint density at radius 2 is 1.82 bits per heavy atom. The smallest absolute Gasteiger partial charge is 0.108 e. The van der Waals surface area contributed by atoms with E-state index < -0.39 is 0 Å². The summed E-state index contributed by atoms with van der Waals surface area (Å²) in [6, 6.07) is 5.69. The summed E-state index contributed by atoms with van der Waals surface area (Å²) < 4.78 is 0. The van der Waals surface area contributed by atoms with E-state index >= 15 is 0 Å². The molecule has 1 aromatic carbocycles. The number of nitrogens with zero attached hydrogens (tertiary/aromatic N) is 2. The molecule has 1 aliphatic heterocycles. The van der Waals surface area contributed by atoms with Crippen molar-refractivity contribution in [1.82, 2.24) is 4.90 Å². The molecule has 1 heterocycles. The summed E-state index contributed by atoms with van der Waals surface area (Å²) in [5, 5.41) is 1.18. The van der Waals surface area contributed by atoms with Gasteiger partial charge in [0.1, 0.15) is 5.84 Å². The molecule has 0 spiro atoms. The zero-order valence-electron chi connectivity index (χ0n) is 13.2. The van der Waals surface area contributed by atoms with E-state index in [-0.39, 0.29) is 0 Å². The van der Waals surface area contributed by atoms with Crippen LogP contribution < -0.4 is 0 Å². The van der Waals surface area contributed by atoms with E-state index in [1.54, 1.807) is 0 Å². The summed E-state index contributed by atoms with van der Waals surface area (Å²) in [6.07, 6.45) is 7.80. The topological polar surface area (TPSA) is 15.6 Å². The van der Waals surface area contributed by atoms with Crippen molar-refractivity contribution < 1.29 is 0 Å². The molecule has 2 nitrogen and oxygen atoms in total. The van der Waals surface area contributed by atoms with Crippen molar-refractivity contribution in [3.8, 4) is 0 Å². The number of benzene rings is 1. The van der Waals surface area contributed by atoms with Crippen LogP contribution in [0, 0.1) is 11.8 Å². The molecule has 2 aliphatic rings. The van der Waals surface area contributed by atoms with Gasteiger partial charge in [-0.25, -0.2) is 4.99 Å².